The van der Waals surface area contributed by atoms with Crippen LogP contribution in [0.4, 0.5) is 0 Å². The third kappa shape index (κ3) is 4.93. The zero-order valence-electron chi connectivity index (χ0n) is 20.5. The summed E-state index contributed by atoms with van der Waals surface area (Å²) in [5.41, 5.74) is -0.993. The molecule has 0 aromatic carbocycles. The van der Waals surface area contributed by atoms with Crippen molar-refractivity contribution in [2.45, 2.75) is 76.0 Å². The fraction of sp³-hybridized carbons (Fsp3) is 0.731. The topological polar surface area (TPSA) is 96.4 Å². The maximum absolute atomic E-state index is 13.9. The summed E-state index contributed by atoms with van der Waals surface area (Å²) in [5.74, 6) is -2.15. The summed E-state index contributed by atoms with van der Waals surface area (Å²) in [6.07, 6.45) is 8.97. The Morgan fingerprint density at radius 1 is 1.24 bits per heavy atom. The van der Waals surface area contributed by atoms with E-state index in [1.165, 1.54) is 6.08 Å². The maximum Gasteiger partial charge on any atom is 0.312 e. The normalized spacial score (nSPS) is 29.2. The maximum atomic E-state index is 13.9. The molecule has 3 fully saturated rings. The lowest BCUT2D eigenvalue weighted by molar-refractivity contribution is -0.154. The van der Waals surface area contributed by atoms with E-state index in [9.17, 15) is 14.4 Å². The molecular formula is C26H40N2O6. The number of unbranched alkanes of at least 4 members (excludes halogenated alkanes) is 4. The van der Waals surface area contributed by atoms with Crippen molar-refractivity contribution in [3.05, 3.63) is 25.3 Å². The summed E-state index contributed by atoms with van der Waals surface area (Å²) < 4.78 is 11.8. The van der Waals surface area contributed by atoms with E-state index in [0.717, 1.165) is 38.5 Å². The van der Waals surface area contributed by atoms with Crippen LogP contribution in [0.15, 0.2) is 25.3 Å². The van der Waals surface area contributed by atoms with E-state index in [1.54, 1.807) is 15.9 Å². The van der Waals surface area contributed by atoms with E-state index < -0.39 is 35.6 Å². The monoisotopic (exact) mass is 476 g/mol. The van der Waals surface area contributed by atoms with Gasteiger partial charge in [-0.15, -0.1) is 6.58 Å². The first-order chi connectivity index (χ1) is 16.5. The molecule has 0 saturated carbocycles. The second-order valence-corrected chi connectivity index (χ2v) is 9.57. The van der Waals surface area contributed by atoms with Gasteiger partial charge in [0, 0.05) is 26.2 Å². The fourth-order valence-electron chi connectivity index (χ4n) is 5.89. The van der Waals surface area contributed by atoms with Gasteiger partial charge < -0.3 is 24.4 Å². The Balaban J connectivity index is 1.90. The number of nitrogens with zero attached hydrogens (tertiary/aromatic N) is 2. The Hall–Kier alpha value is -2.19. The molecule has 0 radical (unpaired) electrons. The van der Waals surface area contributed by atoms with Crippen LogP contribution in [0.25, 0.3) is 0 Å². The molecule has 3 saturated heterocycles. The van der Waals surface area contributed by atoms with Crippen LogP contribution >= 0.6 is 0 Å². The summed E-state index contributed by atoms with van der Waals surface area (Å²) in [4.78, 5) is 44.1. The number of likely N-dealkylation sites (tertiary alicyclic amines) is 1. The number of rotatable bonds is 15. The number of ether oxygens (including phenoxy) is 2. The molecule has 1 spiro atoms. The van der Waals surface area contributed by atoms with Gasteiger partial charge in [0.2, 0.25) is 11.8 Å². The van der Waals surface area contributed by atoms with Crippen LogP contribution in [0.3, 0.4) is 0 Å². The van der Waals surface area contributed by atoms with Gasteiger partial charge in [-0.3, -0.25) is 14.4 Å². The SMILES string of the molecule is C=CCOC(=O)[C@@H]1[C@@H]2CCC3(O2)C(C(=O)N(CC=C)CCCC)N(CCCCCCO)C(=O)[C@H]13. The van der Waals surface area contributed by atoms with Crippen molar-refractivity contribution < 1.29 is 29.0 Å². The minimum absolute atomic E-state index is 0.0804. The summed E-state index contributed by atoms with van der Waals surface area (Å²) in [7, 11) is 0. The van der Waals surface area contributed by atoms with Crippen LogP contribution < -0.4 is 0 Å². The number of hydrogen-bond acceptors (Lipinski definition) is 6. The number of hydrogen-bond donors (Lipinski definition) is 1. The molecular weight excluding hydrogens is 436 g/mol. The molecule has 8 nitrogen and oxygen atoms in total. The number of fused-ring (bicyclic) bond motifs is 1. The molecule has 3 rings (SSSR count). The predicted molar refractivity (Wildman–Crippen MR) is 128 cm³/mol. The average molecular weight is 477 g/mol. The van der Waals surface area contributed by atoms with Crippen molar-refractivity contribution in [2.75, 3.05) is 32.8 Å². The van der Waals surface area contributed by atoms with Gasteiger partial charge >= 0.3 is 5.97 Å². The first-order valence-electron chi connectivity index (χ1n) is 12.7. The van der Waals surface area contributed by atoms with Gasteiger partial charge in [-0.1, -0.05) is 44.9 Å². The molecule has 3 aliphatic rings. The van der Waals surface area contributed by atoms with Gasteiger partial charge in [0.05, 0.1) is 17.9 Å². The third-order valence-electron chi connectivity index (χ3n) is 7.40. The van der Waals surface area contributed by atoms with Crippen LogP contribution in [-0.2, 0) is 23.9 Å². The Bertz CT molecular complexity index is 770. The van der Waals surface area contributed by atoms with Crippen molar-refractivity contribution >= 4 is 17.8 Å². The average Bonchev–Trinajstić information content (AvgIpc) is 3.47. The van der Waals surface area contributed by atoms with Crippen molar-refractivity contribution in [3.63, 3.8) is 0 Å². The third-order valence-corrected chi connectivity index (χ3v) is 7.40. The quantitative estimate of drug-likeness (QED) is 0.222. The summed E-state index contributed by atoms with van der Waals surface area (Å²) in [5, 5.41) is 9.05. The molecule has 0 aliphatic carbocycles. The molecule has 5 atom stereocenters. The number of aliphatic hydroxyl groups excluding tert-OH is 1. The zero-order chi connectivity index (χ0) is 24.7. The second-order valence-electron chi connectivity index (χ2n) is 9.57. The molecule has 0 aromatic rings. The molecule has 34 heavy (non-hydrogen) atoms. The highest BCUT2D eigenvalue weighted by Crippen LogP contribution is 2.58. The first-order valence-corrected chi connectivity index (χ1v) is 12.7. The van der Waals surface area contributed by atoms with Crippen LogP contribution in [0.5, 0.6) is 0 Å². The van der Waals surface area contributed by atoms with E-state index in [-0.39, 0.29) is 25.0 Å². The van der Waals surface area contributed by atoms with Crippen molar-refractivity contribution in [1.29, 1.82) is 0 Å². The van der Waals surface area contributed by atoms with Crippen molar-refractivity contribution in [2.24, 2.45) is 11.8 Å². The van der Waals surface area contributed by atoms with Crippen LogP contribution in [0, 0.1) is 11.8 Å². The van der Waals surface area contributed by atoms with Gasteiger partial charge in [0.25, 0.3) is 0 Å². The van der Waals surface area contributed by atoms with Crippen molar-refractivity contribution in [3.8, 4) is 0 Å². The fourth-order valence-corrected chi connectivity index (χ4v) is 5.89. The Labute approximate surface area is 202 Å². The zero-order valence-corrected chi connectivity index (χ0v) is 20.5. The van der Waals surface area contributed by atoms with E-state index in [2.05, 4.69) is 20.1 Å². The van der Waals surface area contributed by atoms with Crippen molar-refractivity contribution in [1.82, 2.24) is 9.80 Å². The van der Waals surface area contributed by atoms with Gasteiger partial charge in [0.1, 0.15) is 18.2 Å². The van der Waals surface area contributed by atoms with Crippen LogP contribution in [0.2, 0.25) is 0 Å². The summed E-state index contributed by atoms with van der Waals surface area (Å²) in [6.45, 7) is 11.1. The molecule has 2 amide bonds. The lowest BCUT2D eigenvalue weighted by Gasteiger charge is -2.36. The Morgan fingerprint density at radius 2 is 2.00 bits per heavy atom. The Morgan fingerprint density at radius 3 is 2.68 bits per heavy atom. The largest absolute Gasteiger partial charge is 0.461 e. The predicted octanol–water partition coefficient (Wildman–Crippen LogP) is 2.46. The van der Waals surface area contributed by atoms with E-state index >= 15 is 0 Å². The number of amides is 2. The molecule has 8 heteroatoms. The lowest BCUT2D eigenvalue weighted by atomic mass is 9.70. The molecule has 2 unspecified atom stereocenters. The number of carbonyl (C=O) groups excluding carboxylic acids is 3. The molecule has 3 heterocycles. The smallest absolute Gasteiger partial charge is 0.312 e. The van der Waals surface area contributed by atoms with Crippen LogP contribution in [-0.4, -0.2) is 83.3 Å². The van der Waals surface area contributed by atoms with Gasteiger partial charge in [-0.2, -0.15) is 0 Å². The van der Waals surface area contributed by atoms with Gasteiger partial charge in [-0.05, 0) is 32.1 Å². The van der Waals surface area contributed by atoms with Gasteiger partial charge in [-0.25, -0.2) is 0 Å². The molecule has 2 bridgehead atoms. The van der Waals surface area contributed by atoms with E-state index in [0.29, 0.717) is 32.5 Å². The number of carbonyl (C=O) groups is 3. The highest BCUT2D eigenvalue weighted by atomic mass is 16.6. The molecule has 0 aromatic heterocycles. The van der Waals surface area contributed by atoms with E-state index in [1.807, 2.05) is 0 Å². The second kappa shape index (κ2) is 12.0. The first kappa shape index (κ1) is 26.4. The lowest BCUT2D eigenvalue weighted by Crippen LogP contribution is -2.56. The standard InChI is InChI=1S/C26H40N2O6/c1-4-7-15-27(14-5-2)24(31)22-26-13-12-19(34-26)20(25(32)33-18-6-3)21(26)23(30)28(22)16-10-8-9-11-17-29/h5-6,19-22,29H,2-4,7-18H2,1H3/t19-,20+,21-,22?,26?/m0/s1. The van der Waals surface area contributed by atoms with Gasteiger partial charge in [0.15, 0.2) is 0 Å². The van der Waals surface area contributed by atoms with Crippen LogP contribution in [0.1, 0.15) is 58.3 Å². The molecule has 190 valence electrons. The highest BCUT2D eigenvalue weighted by molar-refractivity contribution is 5.98. The minimum Gasteiger partial charge on any atom is -0.461 e. The van der Waals surface area contributed by atoms with E-state index in [4.69, 9.17) is 14.6 Å². The highest BCUT2D eigenvalue weighted by Gasteiger charge is 2.74. The summed E-state index contributed by atoms with van der Waals surface area (Å²) >= 11 is 0. The number of aliphatic hydroxyl groups is 1. The summed E-state index contributed by atoms with van der Waals surface area (Å²) in [6, 6.07) is -0.748. The molecule has 1 N–H and O–H groups in total. The molecule has 3 aliphatic heterocycles. The Kier molecular flexibility index (Phi) is 9.31. The minimum atomic E-state index is -0.993. The number of esters is 1.